The summed E-state index contributed by atoms with van der Waals surface area (Å²) in [6, 6.07) is 9.53. The normalized spacial score (nSPS) is 25.4. The van der Waals surface area contributed by atoms with Crippen LogP contribution in [0.1, 0.15) is 31.7 Å². The van der Waals surface area contributed by atoms with E-state index in [2.05, 4.69) is 11.8 Å². The van der Waals surface area contributed by atoms with Gasteiger partial charge in [-0.25, -0.2) is 0 Å². The van der Waals surface area contributed by atoms with Crippen molar-refractivity contribution >= 4 is 5.91 Å². The van der Waals surface area contributed by atoms with Gasteiger partial charge in [-0.15, -0.1) is 0 Å². The summed E-state index contributed by atoms with van der Waals surface area (Å²) in [4.78, 5) is 14.0. The highest BCUT2D eigenvalue weighted by Gasteiger charge is 2.56. The van der Waals surface area contributed by atoms with E-state index in [9.17, 15) is 9.90 Å². The van der Waals surface area contributed by atoms with Gasteiger partial charge in [-0.3, -0.25) is 4.79 Å². The van der Waals surface area contributed by atoms with Gasteiger partial charge in [0.2, 0.25) is 0 Å². The second-order valence-corrected chi connectivity index (χ2v) is 6.34. The van der Waals surface area contributed by atoms with Crippen LogP contribution in [0.4, 0.5) is 0 Å². The molecule has 1 N–H and O–H groups in total. The Kier molecular flexibility index (Phi) is 4.70. The summed E-state index contributed by atoms with van der Waals surface area (Å²) in [7, 11) is 0. The number of benzene rings is 1. The SMILES string of the molecule is CCOC1CC(O)C12CCN(C(=O)C#Cc1ccccc1)CC2. The summed E-state index contributed by atoms with van der Waals surface area (Å²) in [6.45, 7) is 3.94. The molecule has 2 fully saturated rings. The molecule has 23 heavy (non-hydrogen) atoms. The lowest BCUT2D eigenvalue weighted by atomic mass is 9.58. The number of hydrogen-bond donors (Lipinski definition) is 1. The molecule has 122 valence electrons. The molecule has 0 radical (unpaired) electrons. The van der Waals surface area contributed by atoms with Gasteiger partial charge in [-0.05, 0) is 31.9 Å². The fourth-order valence-electron chi connectivity index (χ4n) is 3.67. The van der Waals surface area contributed by atoms with Gasteiger partial charge in [0.05, 0.1) is 12.2 Å². The zero-order valence-corrected chi connectivity index (χ0v) is 13.5. The number of ether oxygens (including phenoxy) is 1. The molecule has 1 aliphatic heterocycles. The lowest BCUT2D eigenvalue weighted by Gasteiger charge is -2.56. The molecule has 0 aromatic heterocycles. The van der Waals surface area contributed by atoms with Crippen LogP contribution in [0.25, 0.3) is 0 Å². The molecule has 2 atom stereocenters. The van der Waals surface area contributed by atoms with Crippen LogP contribution in [0.3, 0.4) is 0 Å². The average molecular weight is 313 g/mol. The lowest BCUT2D eigenvalue weighted by molar-refractivity contribution is -0.209. The van der Waals surface area contributed by atoms with Gasteiger partial charge in [0.15, 0.2) is 0 Å². The van der Waals surface area contributed by atoms with E-state index in [1.165, 1.54) is 0 Å². The van der Waals surface area contributed by atoms with Crippen molar-refractivity contribution in [3.8, 4) is 11.8 Å². The molecule has 0 bridgehead atoms. The number of carbonyl (C=O) groups is 1. The van der Waals surface area contributed by atoms with Crippen molar-refractivity contribution in [2.45, 2.75) is 38.4 Å². The zero-order chi connectivity index (χ0) is 16.3. The third-order valence-electron chi connectivity index (χ3n) is 5.18. The maximum Gasteiger partial charge on any atom is 0.298 e. The fourth-order valence-corrected chi connectivity index (χ4v) is 3.67. The van der Waals surface area contributed by atoms with Crippen LogP contribution in [0, 0.1) is 17.3 Å². The van der Waals surface area contributed by atoms with Gasteiger partial charge in [0, 0.05) is 43.0 Å². The molecule has 1 spiro atoms. The maximum atomic E-state index is 12.2. The summed E-state index contributed by atoms with van der Waals surface area (Å²) in [6.07, 6.45) is 2.13. The fraction of sp³-hybridized carbons (Fsp3) is 0.526. The van der Waals surface area contributed by atoms with E-state index in [4.69, 9.17) is 4.74 Å². The Hall–Kier alpha value is -1.83. The minimum atomic E-state index is -0.299. The van der Waals surface area contributed by atoms with Gasteiger partial charge in [-0.2, -0.15) is 0 Å². The maximum absolute atomic E-state index is 12.2. The topological polar surface area (TPSA) is 49.8 Å². The van der Waals surface area contributed by atoms with E-state index >= 15 is 0 Å². The van der Waals surface area contributed by atoms with Crippen molar-refractivity contribution in [1.82, 2.24) is 4.90 Å². The highest BCUT2D eigenvalue weighted by molar-refractivity contribution is 5.94. The molecular weight excluding hydrogens is 290 g/mol. The third-order valence-corrected chi connectivity index (χ3v) is 5.18. The molecule has 3 rings (SSSR count). The van der Waals surface area contributed by atoms with Crippen LogP contribution in [-0.4, -0.2) is 47.8 Å². The Morgan fingerprint density at radius 2 is 2.04 bits per heavy atom. The Morgan fingerprint density at radius 3 is 2.65 bits per heavy atom. The van der Waals surface area contributed by atoms with Crippen LogP contribution in [0.15, 0.2) is 30.3 Å². The minimum Gasteiger partial charge on any atom is -0.392 e. The summed E-state index contributed by atoms with van der Waals surface area (Å²) >= 11 is 0. The minimum absolute atomic E-state index is 0.134. The number of amides is 1. The summed E-state index contributed by atoms with van der Waals surface area (Å²) < 4.78 is 5.75. The van der Waals surface area contributed by atoms with Crippen LogP contribution in [0.5, 0.6) is 0 Å². The van der Waals surface area contributed by atoms with Crippen LogP contribution in [-0.2, 0) is 9.53 Å². The molecule has 1 saturated carbocycles. The molecule has 1 amide bonds. The van der Waals surface area contributed by atoms with Crippen molar-refractivity contribution in [3.63, 3.8) is 0 Å². The van der Waals surface area contributed by atoms with Gasteiger partial charge in [0.25, 0.3) is 5.91 Å². The Bertz CT molecular complexity index is 606. The molecule has 2 aliphatic rings. The number of hydrogen-bond acceptors (Lipinski definition) is 3. The zero-order valence-electron chi connectivity index (χ0n) is 13.5. The highest BCUT2D eigenvalue weighted by Crippen LogP contribution is 2.50. The van der Waals surface area contributed by atoms with Crippen molar-refractivity contribution in [2.24, 2.45) is 5.41 Å². The number of aliphatic hydroxyl groups is 1. The smallest absolute Gasteiger partial charge is 0.298 e. The van der Waals surface area contributed by atoms with Crippen molar-refractivity contribution in [3.05, 3.63) is 35.9 Å². The number of piperidine rings is 1. The molecule has 1 saturated heterocycles. The van der Waals surface area contributed by atoms with Crippen molar-refractivity contribution in [1.29, 1.82) is 0 Å². The second-order valence-electron chi connectivity index (χ2n) is 6.34. The summed E-state index contributed by atoms with van der Waals surface area (Å²) in [5.41, 5.74) is 0.694. The van der Waals surface area contributed by atoms with Crippen molar-refractivity contribution in [2.75, 3.05) is 19.7 Å². The number of likely N-dealkylation sites (tertiary alicyclic amines) is 1. The number of nitrogens with zero attached hydrogens (tertiary/aromatic N) is 1. The van der Waals surface area contributed by atoms with Crippen LogP contribution < -0.4 is 0 Å². The molecule has 1 aromatic rings. The quantitative estimate of drug-likeness (QED) is 0.847. The van der Waals surface area contributed by atoms with Gasteiger partial charge in [-0.1, -0.05) is 24.1 Å². The van der Waals surface area contributed by atoms with E-state index in [1.54, 1.807) is 4.90 Å². The predicted molar refractivity (Wildman–Crippen MR) is 87.6 cm³/mol. The largest absolute Gasteiger partial charge is 0.392 e. The Balaban J connectivity index is 1.59. The first-order valence-corrected chi connectivity index (χ1v) is 8.31. The predicted octanol–water partition coefficient (Wildman–Crippen LogP) is 1.82. The van der Waals surface area contributed by atoms with E-state index in [-0.39, 0.29) is 23.5 Å². The number of carbonyl (C=O) groups excluding carboxylic acids is 1. The highest BCUT2D eigenvalue weighted by atomic mass is 16.5. The van der Waals surface area contributed by atoms with E-state index in [0.717, 1.165) is 24.8 Å². The summed E-state index contributed by atoms with van der Waals surface area (Å²) in [5, 5.41) is 10.2. The number of aliphatic hydroxyl groups excluding tert-OH is 1. The molecule has 1 heterocycles. The van der Waals surface area contributed by atoms with E-state index in [1.807, 2.05) is 37.3 Å². The lowest BCUT2D eigenvalue weighted by Crippen LogP contribution is -2.62. The van der Waals surface area contributed by atoms with E-state index in [0.29, 0.717) is 19.7 Å². The van der Waals surface area contributed by atoms with Crippen molar-refractivity contribution < 1.29 is 14.6 Å². The Labute approximate surface area is 137 Å². The molecular formula is C19H23NO3. The first-order valence-electron chi connectivity index (χ1n) is 8.31. The molecule has 1 aromatic carbocycles. The first-order chi connectivity index (χ1) is 11.2. The van der Waals surface area contributed by atoms with Crippen LogP contribution in [0.2, 0.25) is 0 Å². The molecule has 1 aliphatic carbocycles. The van der Waals surface area contributed by atoms with Gasteiger partial charge in [0.1, 0.15) is 0 Å². The molecule has 2 unspecified atom stereocenters. The monoisotopic (exact) mass is 313 g/mol. The van der Waals surface area contributed by atoms with Gasteiger partial charge >= 0.3 is 0 Å². The average Bonchev–Trinajstić information content (AvgIpc) is 2.60. The standard InChI is InChI=1S/C19H23NO3/c1-2-23-17-14-16(21)19(17)10-12-20(13-11-19)18(22)9-8-15-6-4-3-5-7-15/h3-7,16-17,21H,2,10-14H2,1H3. The number of rotatable bonds is 2. The molecule has 4 heteroatoms. The Morgan fingerprint density at radius 1 is 1.35 bits per heavy atom. The molecule has 4 nitrogen and oxygen atoms in total. The van der Waals surface area contributed by atoms with Gasteiger partial charge < -0.3 is 14.7 Å². The van der Waals surface area contributed by atoms with E-state index < -0.39 is 0 Å². The first kappa shape index (κ1) is 16.0. The summed E-state index contributed by atoms with van der Waals surface area (Å²) in [5.74, 6) is 5.50. The van der Waals surface area contributed by atoms with Crippen LogP contribution >= 0.6 is 0 Å². The second kappa shape index (κ2) is 6.74. The third kappa shape index (κ3) is 3.12.